The molecule has 0 unspecified atom stereocenters. The number of hydrogen-bond donors (Lipinski definition) is 3. The summed E-state index contributed by atoms with van der Waals surface area (Å²) >= 11 is 0. The molecule has 0 aliphatic rings. The third kappa shape index (κ3) is 4.28. The average molecular weight is 311 g/mol. The molecule has 0 aliphatic carbocycles. The molecule has 116 valence electrons. The first-order chi connectivity index (χ1) is 11.0. The fourth-order valence-electron chi connectivity index (χ4n) is 1.82. The van der Waals surface area contributed by atoms with Crippen LogP contribution in [-0.4, -0.2) is 27.9 Å². The van der Waals surface area contributed by atoms with Crippen LogP contribution >= 0.6 is 0 Å². The second-order valence-corrected chi connectivity index (χ2v) is 4.60. The van der Waals surface area contributed by atoms with E-state index in [-0.39, 0.29) is 11.5 Å². The van der Waals surface area contributed by atoms with Gasteiger partial charge in [0.05, 0.1) is 0 Å². The van der Waals surface area contributed by atoms with Crippen molar-refractivity contribution < 1.29 is 24.6 Å². The van der Waals surface area contributed by atoms with Crippen LogP contribution in [0.3, 0.4) is 0 Å². The summed E-state index contributed by atoms with van der Waals surface area (Å²) in [6.45, 7) is 0. The zero-order valence-corrected chi connectivity index (χ0v) is 11.9. The summed E-state index contributed by atoms with van der Waals surface area (Å²) in [7, 11) is 0. The highest BCUT2D eigenvalue weighted by molar-refractivity contribution is 6.38. The summed E-state index contributed by atoms with van der Waals surface area (Å²) in [6.07, 6.45) is 0.612. The average Bonchev–Trinajstić information content (AvgIpc) is 2.55. The van der Waals surface area contributed by atoms with Crippen molar-refractivity contribution in [2.75, 3.05) is 5.32 Å². The second kappa shape index (κ2) is 7.04. The van der Waals surface area contributed by atoms with Crippen molar-refractivity contribution in [1.82, 2.24) is 0 Å². The van der Waals surface area contributed by atoms with E-state index in [2.05, 4.69) is 5.32 Å². The first-order valence-corrected chi connectivity index (χ1v) is 6.62. The number of aliphatic hydroxyl groups is 1. The van der Waals surface area contributed by atoms with E-state index in [9.17, 15) is 19.5 Å². The Balaban J connectivity index is 2.19. The fraction of sp³-hybridized carbons (Fsp3) is 0. The largest absolute Gasteiger partial charge is 0.507 e. The van der Waals surface area contributed by atoms with Crippen LogP contribution in [0, 0.1) is 0 Å². The van der Waals surface area contributed by atoms with Gasteiger partial charge in [-0.05, 0) is 24.3 Å². The van der Waals surface area contributed by atoms with Gasteiger partial charge < -0.3 is 15.5 Å². The molecule has 6 nitrogen and oxygen atoms in total. The van der Waals surface area contributed by atoms with E-state index >= 15 is 0 Å². The lowest BCUT2D eigenvalue weighted by Gasteiger charge is -2.07. The Morgan fingerprint density at radius 3 is 2.17 bits per heavy atom. The second-order valence-electron chi connectivity index (χ2n) is 4.60. The molecule has 0 aromatic heterocycles. The highest BCUT2D eigenvalue weighted by Crippen LogP contribution is 2.17. The van der Waals surface area contributed by atoms with E-state index in [1.165, 1.54) is 12.1 Å². The normalized spacial score (nSPS) is 10.9. The molecule has 2 aromatic rings. The molecule has 2 rings (SSSR count). The van der Waals surface area contributed by atoms with Crippen molar-refractivity contribution >= 4 is 29.1 Å². The van der Waals surface area contributed by atoms with Gasteiger partial charge in [0, 0.05) is 22.9 Å². The Kier molecular flexibility index (Phi) is 4.89. The molecule has 6 heteroatoms. The molecule has 3 N–H and O–H groups in total. The third-order valence-electron chi connectivity index (χ3n) is 2.93. The van der Waals surface area contributed by atoms with Crippen LogP contribution in [0.15, 0.2) is 60.7 Å². The smallest absolute Gasteiger partial charge is 0.376 e. The summed E-state index contributed by atoms with van der Waals surface area (Å²) in [5.41, 5.74) is 1.09. The minimum absolute atomic E-state index is 0.213. The molecule has 23 heavy (non-hydrogen) atoms. The number of carboxylic acids is 1. The molecule has 0 fully saturated rings. The number of carboxylic acid groups (broad SMARTS) is 1. The fourth-order valence-corrected chi connectivity index (χ4v) is 1.82. The van der Waals surface area contributed by atoms with Gasteiger partial charge in [-0.3, -0.25) is 9.59 Å². The van der Waals surface area contributed by atoms with Gasteiger partial charge in [0.25, 0.3) is 11.7 Å². The summed E-state index contributed by atoms with van der Waals surface area (Å²) in [6, 6.07) is 14.7. The van der Waals surface area contributed by atoms with Crippen LogP contribution in [0.4, 0.5) is 5.69 Å². The zero-order valence-electron chi connectivity index (χ0n) is 11.9. The molecular formula is C17H13NO5. The molecule has 0 atom stereocenters. The zero-order chi connectivity index (χ0) is 16.8. The molecule has 1 amide bonds. The Bertz CT molecular complexity index is 781. The molecular weight excluding hydrogens is 298 g/mol. The molecule has 0 heterocycles. The minimum Gasteiger partial charge on any atom is -0.507 e. The lowest BCUT2D eigenvalue weighted by molar-refractivity contribution is -0.146. The number of nitrogens with one attached hydrogen (secondary N) is 1. The maximum Gasteiger partial charge on any atom is 0.376 e. The number of carbonyl (C=O) groups excluding carboxylic acids is 2. The predicted molar refractivity (Wildman–Crippen MR) is 84.1 cm³/mol. The van der Waals surface area contributed by atoms with Crippen molar-refractivity contribution in [1.29, 1.82) is 0 Å². The van der Waals surface area contributed by atoms with Crippen molar-refractivity contribution in [2.45, 2.75) is 0 Å². The van der Waals surface area contributed by atoms with Crippen molar-refractivity contribution in [3.05, 3.63) is 71.8 Å². The number of hydrogen-bond acceptors (Lipinski definition) is 4. The van der Waals surface area contributed by atoms with Gasteiger partial charge in [0.15, 0.2) is 0 Å². The topological polar surface area (TPSA) is 104 Å². The van der Waals surface area contributed by atoms with Crippen LogP contribution in [0.2, 0.25) is 0 Å². The van der Waals surface area contributed by atoms with Crippen LogP contribution in [-0.2, 0) is 9.59 Å². The van der Waals surface area contributed by atoms with Crippen LogP contribution in [0.5, 0.6) is 0 Å². The van der Waals surface area contributed by atoms with Gasteiger partial charge in [-0.2, -0.15) is 0 Å². The van der Waals surface area contributed by atoms with Crippen LogP contribution in [0.25, 0.3) is 5.76 Å². The van der Waals surface area contributed by atoms with Crippen molar-refractivity contribution in [3.63, 3.8) is 0 Å². The standard InChI is InChI=1S/C17H13NO5/c19-14(10-15(20)17(22)23)12-7-4-8-13(9-12)18-16(21)11-5-2-1-3-6-11/h1-10,19H,(H,18,21)(H,22,23). The first-order valence-electron chi connectivity index (χ1n) is 6.62. The Hall–Kier alpha value is -3.41. The monoisotopic (exact) mass is 311 g/mol. The van der Waals surface area contributed by atoms with E-state index in [0.717, 1.165) is 0 Å². The number of amides is 1. The number of aliphatic hydroxyl groups excluding tert-OH is 1. The van der Waals surface area contributed by atoms with Crippen LogP contribution < -0.4 is 5.32 Å². The lowest BCUT2D eigenvalue weighted by Crippen LogP contribution is -2.12. The first kappa shape index (κ1) is 16.0. The number of rotatable bonds is 5. The summed E-state index contributed by atoms with van der Waals surface area (Å²) in [5.74, 6) is -3.72. The molecule has 0 aliphatic heterocycles. The summed E-state index contributed by atoms with van der Waals surface area (Å²) < 4.78 is 0. The molecule has 2 aromatic carbocycles. The van der Waals surface area contributed by atoms with E-state index < -0.39 is 17.5 Å². The number of ketones is 1. The number of carbonyl (C=O) groups is 3. The molecule has 0 saturated carbocycles. The van der Waals surface area contributed by atoms with Crippen molar-refractivity contribution in [3.8, 4) is 0 Å². The molecule has 0 spiro atoms. The van der Waals surface area contributed by atoms with Gasteiger partial charge in [0.1, 0.15) is 5.76 Å². The van der Waals surface area contributed by atoms with E-state index in [0.29, 0.717) is 17.3 Å². The quantitative estimate of drug-likeness (QED) is 0.447. The molecule has 0 bridgehead atoms. The maximum absolute atomic E-state index is 12.0. The lowest BCUT2D eigenvalue weighted by atomic mass is 10.1. The maximum atomic E-state index is 12.0. The number of benzene rings is 2. The minimum atomic E-state index is -1.66. The number of aliphatic carboxylic acids is 1. The van der Waals surface area contributed by atoms with Gasteiger partial charge in [0.2, 0.25) is 0 Å². The van der Waals surface area contributed by atoms with E-state index in [4.69, 9.17) is 5.11 Å². The highest BCUT2D eigenvalue weighted by atomic mass is 16.4. The SMILES string of the molecule is O=C(O)C(=O)C=C(O)c1cccc(NC(=O)c2ccccc2)c1. The highest BCUT2D eigenvalue weighted by Gasteiger charge is 2.11. The summed E-state index contributed by atoms with van der Waals surface area (Å²) in [4.78, 5) is 33.6. The van der Waals surface area contributed by atoms with Crippen molar-refractivity contribution in [2.24, 2.45) is 0 Å². The Labute approximate surface area is 131 Å². The molecule has 0 saturated heterocycles. The van der Waals surface area contributed by atoms with Gasteiger partial charge >= 0.3 is 5.97 Å². The predicted octanol–water partition coefficient (Wildman–Crippen LogP) is 2.49. The van der Waals surface area contributed by atoms with E-state index in [1.807, 2.05) is 0 Å². The van der Waals surface area contributed by atoms with Crippen LogP contribution in [0.1, 0.15) is 15.9 Å². The molecule has 0 radical (unpaired) electrons. The van der Waals surface area contributed by atoms with Gasteiger partial charge in [-0.25, -0.2) is 4.79 Å². The van der Waals surface area contributed by atoms with Gasteiger partial charge in [-0.15, -0.1) is 0 Å². The Morgan fingerprint density at radius 2 is 1.52 bits per heavy atom. The Morgan fingerprint density at radius 1 is 0.870 bits per heavy atom. The third-order valence-corrected chi connectivity index (χ3v) is 2.93. The summed E-state index contributed by atoms with van der Waals surface area (Å²) in [5, 5.41) is 20.9. The van der Waals surface area contributed by atoms with Gasteiger partial charge in [-0.1, -0.05) is 30.3 Å². The van der Waals surface area contributed by atoms with E-state index in [1.54, 1.807) is 42.5 Å². The number of anilines is 1.